The second kappa shape index (κ2) is 5.39. The van der Waals surface area contributed by atoms with Crippen molar-refractivity contribution in [1.82, 2.24) is 10.2 Å². The van der Waals surface area contributed by atoms with E-state index >= 15 is 0 Å². The lowest BCUT2D eigenvalue weighted by molar-refractivity contribution is 0.198. The van der Waals surface area contributed by atoms with Gasteiger partial charge in [-0.05, 0) is 37.3 Å². The van der Waals surface area contributed by atoms with Crippen molar-refractivity contribution in [1.29, 1.82) is 0 Å². The van der Waals surface area contributed by atoms with Crippen LogP contribution >= 0.6 is 0 Å². The molecule has 2 amide bonds. The third-order valence-corrected chi connectivity index (χ3v) is 2.93. The van der Waals surface area contributed by atoms with Crippen molar-refractivity contribution < 1.29 is 4.79 Å². The fraction of sp³-hybridized carbons (Fsp3) is 0.643. The number of hydrogen-bond donors (Lipinski definition) is 1. The van der Waals surface area contributed by atoms with Gasteiger partial charge in [-0.15, -0.1) is 0 Å². The summed E-state index contributed by atoms with van der Waals surface area (Å²) in [5.74, 6) is 0.751. The van der Waals surface area contributed by atoms with E-state index in [-0.39, 0.29) is 12.1 Å². The number of carbonyl (C=O) groups excluding carboxylic acids is 1. The maximum absolute atomic E-state index is 12.1. The molecule has 0 aromatic carbocycles. The molecule has 1 N–H and O–H groups in total. The molecule has 3 nitrogen and oxygen atoms in total. The van der Waals surface area contributed by atoms with Gasteiger partial charge in [0.15, 0.2) is 0 Å². The fourth-order valence-electron chi connectivity index (χ4n) is 2.22. The van der Waals surface area contributed by atoms with Crippen LogP contribution in [-0.2, 0) is 0 Å². The number of nitrogens with one attached hydrogen (secondary N) is 1. The largest absolute Gasteiger partial charge is 0.325 e. The number of urea groups is 1. The smallest absolute Gasteiger partial charge is 0.314 e. The van der Waals surface area contributed by atoms with E-state index < -0.39 is 0 Å². The first-order valence-electron chi connectivity index (χ1n) is 6.36. The van der Waals surface area contributed by atoms with Crippen molar-refractivity contribution in [3.8, 4) is 0 Å². The van der Waals surface area contributed by atoms with Crippen LogP contribution in [0.5, 0.6) is 0 Å². The van der Waals surface area contributed by atoms with Crippen molar-refractivity contribution in [2.75, 3.05) is 0 Å². The van der Waals surface area contributed by atoms with Gasteiger partial charge in [-0.1, -0.05) is 27.7 Å². The Morgan fingerprint density at radius 2 is 1.65 bits per heavy atom. The van der Waals surface area contributed by atoms with Crippen LogP contribution in [0.2, 0.25) is 0 Å². The minimum absolute atomic E-state index is 0.0319. The zero-order chi connectivity index (χ0) is 13.2. The first-order valence-corrected chi connectivity index (χ1v) is 6.36. The minimum atomic E-state index is -0.0319. The van der Waals surface area contributed by atoms with Gasteiger partial charge >= 0.3 is 6.03 Å². The van der Waals surface area contributed by atoms with Crippen LogP contribution < -0.4 is 5.32 Å². The summed E-state index contributed by atoms with van der Waals surface area (Å²) in [6.45, 7) is 12.7. The molecular formula is C14H24N2O. The molecule has 0 atom stereocenters. The van der Waals surface area contributed by atoms with Crippen molar-refractivity contribution in [3.63, 3.8) is 0 Å². The third kappa shape index (κ3) is 2.90. The molecule has 0 aromatic rings. The zero-order valence-electron chi connectivity index (χ0n) is 11.7. The van der Waals surface area contributed by atoms with Gasteiger partial charge in [-0.3, -0.25) is 4.90 Å². The molecule has 17 heavy (non-hydrogen) atoms. The maximum Gasteiger partial charge on any atom is 0.325 e. The van der Waals surface area contributed by atoms with Crippen LogP contribution in [0.4, 0.5) is 4.79 Å². The van der Waals surface area contributed by atoms with E-state index in [1.807, 2.05) is 24.8 Å². The second-order valence-electron chi connectivity index (χ2n) is 5.40. The second-order valence-corrected chi connectivity index (χ2v) is 5.40. The molecular weight excluding hydrogens is 212 g/mol. The molecule has 0 aromatic heterocycles. The zero-order valence-corrected chi connectivity index (χ0v) is 11.7. The van der Waals surface area contributed by atoms with E-state index in [0.29, 0.717) is 11.8 Å². The molecule has 0 saturated carbocycles. The summed E-state index contributed by atoms with van der Waals surface area (Å²) < 4.78 is 0. The summed E-state index contributed by atoms with van der Waals surface area (Å²) in [7, 11) is 0. The Morgan fingerprint density at radius 1 is 1.06 bits per heavy atom. The predicted molar refractivity (Wildman–Crippen MR) is 71.3 cm³/mol. The Bertz CT molecular complexity index is 351. The van der Waals surface area contributed by atoms with Crippen LogP contribution in [0.25, 0.3) is 0 Å². The van der Waals surface area contributed by atoms with Crippen molar-refractivity contribution in [2.24, 2.45) is 11.8 Å². The molecule has 0 bridgehead atoms. The lowest BCUT2D eigenvalue weighted by Gasteiger charge is -2.32. The van der Waals surface area contributed by atoms with Crippen LogP contribution in [0.15, 0.2) is 23.5 Å². The molecule has 0 radical (unpaired) electrons. The van der Waals surface area contributed by atoms with Gasteiger partial charge in [-0.25, -0.2) is 4.79 Å². The summed E-state index contributed by atoms with van der Waals surface area (Å²) in [6, 6.07) is 0.136. The average Bonchev–Trinajstić information content (AvgIpc) is 2.36. The van der Waals surface area contributed by atoms with Gasteiger partial charge in [-0.2, -0.15) is 0 Å². The van der Waals surface area contributed by atoms with Gasteiger partial charge < -0.3 is 5.32 Å². The Labute approximate surface area is 105 Å². The first-order chi connectivity index (χ1) is 7.86. The highest BCUT2D eigenvalue weighted by Gasteiger charge is 2.27. The van der Waals surface area contributed by atoms with E-state index in [2.05, 4.69) is 33.0 Å². The third-order valence-electron chi connectivity index (χ3n) is 2.93. The van der Waals surface area contributed by atoms with Gasteiger partial charge in [0.1, 0.15) is 0 Å². The average molecular weight is 236 g/mol. The Balaban J connectivity index is 3.34. The number of hydrogen-bond acceptors (Lipinski definition) is 1. The van der Waals surface area contributed by atoms with Crippen LogP contribution in [-0.4, -0.2) is 17.0 Å². The molecule has 3 heteroatoms. The molecule has 0 spiro atoms. The highest BCUT2D eigenvalue weighted by atomic mass is 16.2. The summed E-state index contributed by atoms with van der Waals surface area (Å²) >= 11 is 0. The molecule has 0 fully saturated rings. The highest BCUT2D eigenvalue weighted by molar-refractivity contribution is 5.78. The Kier molecular flexibility index (Phi) is 4.38. The molecule has 1 rings (SSSR count). The van der Waals surface area contributed by atoms with Crippen LogP contribution in [0.3, 0.4) is 0 Å². The van der Waals surface area contributed by atoms with E-state index in [9.17, 15) is 4.79 Å². The Morgan fingerprint density at radius 3 is 2.06 bits per heavy atom. The van der Waals surface area contributed by atoms with E-state index in [1.165, 1.54) is 5.57 Å². The van der Waals surface area contributed by atoms with Gasteiger partial charge in [0, 0.05) is 17.9 Å². The molecule has 1 aliphatic rings. The minimum Gasteiger partial charge on any atom is -0.314 e. The van der Waals surface area contributed by atoms with Crippen molar-refractivity contribution in [2.45, 2.75) is 47.6 Å². The molecule has 96 valence electrons. The predicted octanol–water partition coefficient (Wildman–Crippen LogP) is 3.50. The van der Waals surface area contributed by atoms with Crippen molar-refractivity contribution in [3.05, 3.63) is 23.5 Å². The Hall–Kier alpha value is -1.25. The van der Waals surface area contributed by atoms with Crippen LogP contribution in [0.1, 0.15) is 41.5 Å². The number of amides is 2. The van der Waals surface area contributed by atoms with Crippen LogP contribution in [0, 0.1) is 11.8 Å². The maximum atomic E-state index is 12.1. The normalized spacial score (nSPS) is 17.2. The number of allylic oxidation sites excluding steroid dienone is 3. The fourth-order valence-corrected chi connectivity index (χ4v) is 2.22. The topological polar surface area (TPSA) is 32.3 Å². The number of nitrogens with zero attached hydrogens (tertiary/aromatic N) is 1. The molecule has 0 unspecified atom stereocenters. The summed E-state index contributed by atoms with van der Waals surface area (Å²) in [5, 5.41) is 2.81. The van der Waals surface area contributed by atoms with Gasteiger partial charge in [0.2, 0.25) is 0 Å². The summed E-state index contributed by atoms with van der Waals surface area (Å²) in [4.78, 5) is 13.9. The SMILES string of the molecule is CC(C)C1=C(C(C)C)N(C(C)C)C(=O)NC=C1. The molecule has 0 aliphatic carbocycles. The van der Waals surface area contributed by atoms with Gasteiger partial charge in [0.05, 0.1) is 0 Å². The van der Waals surface area contributed by atoms with E-state index in [4.69, 9.17) is 0 Å². The molecule has 1 heterocycles. The van der Waals surface area contributed by atoms with E-state index in [1.54, 1.807) is 6.20 Å². The quantitative estimate of drug-likeness (QED) is 0.799. The summed E-state index contributed by atoms with van der Waals surface area (Å²) in [6.07, 6.45) is 3.78. The lowest BCUT2D eigenvalue weighted by atomic mass is 9.94. The molecule has 1 aliphatic heterocycles. The van der Waals surface area contributed by atoms with Crippen molar-refractivity contribution >= 4 is 6.03 Å². The van der Waals surface area contributed by atoms with Gasteiger partial charge in [0.25, 0.3) is 0 Å². The summed E-state index contributed by atoms with van der Waals surface area (Å²) in [5.41, 5.74) is 2.38. The first kappa shape index (κ1) is 13.8. The van der Waals surface area contributed by atoms with E-state index in [0.717, 1.165) is 5.70 Å². The standard InChI is InChI=1S/C14H24N2O/c1-9(2)12-7-8-15-14(17)16(11(5)6)13(12)10(3)4/h7-11H,1-6H3,(H,15,17). The number of carbonyl (C=O) groups is 1. The monoisotopic (exact) mass is 236 g/mol. The number of rotatable bonds is 3. The lowest BCUT2D eigenvalue weighted by Crippen LogP contribution is -2.42. The highest BCUT2D eigenvalue weighted by Crippen LogP contribution is 2.28. The molecule has 0 saturated heterocycles.